The summed E-state index contributed by atoms with van der Waals surface area (Å²) in [6.45, 7) is 4.42. The Labute approximate surface area is 157 Å². The zero-order valence-electron chi connectivity index (χ0n) is 15.5. The summed E-state index contributed by atoms with van der Waals surface area (Å²) in [6, 6.07) is 14.1. The van der Waals surface area contributed by atoms with Crippen LogP contribution in [-0.2, 0) is 11.2 Å². The van der Waals surface area contributed by atoms with Crippen molar-refractivity contribution in [1.82, 2.24) is 10.1 Å². The molecule has 2 aromatic carbocycles. The number of nitrogens with zero attached hydrogens (tertiary/aromatic N) is 3. The maximum absolute atomic E-state index is 14.1. The van der Waals surface area contributed by atoms with E-state index in [9.17, 15) is 9.18 Å². The molecule has 0 aliphatic carbocycles. The van der Waals surface area contributed by atoms with Gasteiger partial charge in [0.15, 0.2) is 0 Å². The summed E-state index contributed by atoms with van der Waals surface area (Å²) in [5.41, 5.74) is 2.31. The second-order valence-corrected chi connectivity index (χ2v) is 6.37. The van der Waals surface area contributed by atoms with E-state index >= 15 is 0 Å². The van der Waals surface area contributed by atoms with Gasteiger partial charge >= 0.3 is 0 Å². The van der Waals surface area contributed by atoms with E-state index in [2.05, 4.69) is 10.1 Å². The van der Waals surface area contributed by atoms with E-state index in [4.69, 9.17) is 4.52 Å². The Bertz CT molecular complexity index is 906. The zero-order valence-corrected chi connectivity index (χ0v) is 15.5. The lowest BCUT2D eigenvalue weighted by atomic mass is 10.1. The van der Waals surface area contributed by atoms with E-state index in [-0.39, 0.29) is 12.3 Å². The second kappa shape index (κ2) is 8.58. The van der Waals surface area contributed by atoms with Gasteiger partial charge in [0.2, 0.25) is 17.6 Å². The molecule has 0 bridgehead atoms. The van der Waals surface area contributed by atoms with E-state index in [1.165, 1.54) is 11.0 Å². The van der Waals surface area contributed by atoms with Gasteiger partial charge in [-0.25, -0.2) is 4.39 Å². The average molecular weight is 367 g/mol. The highest BCUT2D eigenvalue weighted by atomic mass is 19.1. The summed E-state index contributed by atoms with van der Waals surface area (Å²) < 4.78 is 19.3. The van der Waals surface area contributed by atoms with Crippen LogP contribution in [0.25, 0.3) is 11.4 Å². The van der Waals surface area contributed by atoms with Crippen LogP contribution in [0.15, 0.2) is 53.1 Å². The Morgan fingerprint density at radius 3 is 2.59 bits per heavy atom. The molecule has 1 amide bonds. The van der Waals surface area contributed by atoms with Crippen molar-refractivity contribution >= 4 is 11.6 Å². The van der Waals surface area contributed by atoms with Crippen LogP contribution in [0.4, 0.5) is 10.1 Å². The first-order chi connectivity index (χ1) is 13.1. The number of halogens is 1. The first kappa shape index (κ1) is 18.8. The summed E-state index contributed by atoms with van der Waals surface area (Å²) in [5, 5.41) is 3.98. The quantitative estimate of drug-likeness (QED) is 0.614. The third kappa shape index (κ3) is 4.58. The van der Waals surface area contributed by atoms with Crippen molar-refractivity contribution < 1.29 is 13.7 Å². The highest BCUT2D eigenvalue weighted by Gasteiger charge is 2.19. The first-order valence-corrected chi connectivity index (χ1v) is 9.03. The third-order valence-corrected chi connectivity index (χ3v) is 4.22. The molecule has 0 atom stereocenters. The lowest BCUT2D eigenvalue weighted by Crippen LogP contribution is -2.32. The van der Waals surface area contributed by atoms with Gasteiger partial charge in [0.05, 0.1) is 5.69 Å². The molecule has 1 aromatic heterocycles. The Balaban J connectivity index is 1.67. The predicted octanol–water partition coefficient (Wildman–Crippen LogP) is 4.56. The van der Waals surface area contributed by atoms with Crippen molar-refractivity contribution in [2.45, 2.75) is 33.1 Å². The fourth-order valence-corrected chi connectivity index (χ4v) is 2.80. The van der Waals surface area contributed by atoms with Crippen LogP contribution in [0.2, 0.25) is 0 Å². The van der Waals surface area contributed by atoms with E-state index in [0.717, 1.165) is 17.5 Å². The van der Waals surface area contributed by atoms with Crippen molar-refractivity contribution in [3.8, 4) is 11.4 Å². The molecule has 0 aliphatic rings. The van der Waals surface area contributed by atoms with Gasteiger partial charge in [-0.3, -0.25) is 4.79 Å². The third-order valence-electron chi connectivity index (χ3n) is 4.22. The van der Waals surface area contributed by atoms with Gasteiger partial charge in [0.25, 0.3) is 0 Å². The Kier molecular flexibility index (Phi) is 5.96. The minimum absolute atomic E-state index is 0.169. The van der Waals surface area contributed by atoms with Crippen LogP contribution in [0.3, 0.4) is 0 Å². The van der Waals surface area contributed by atoms with E-state index in [0.29, 0.717) is 30.4 Å². The normalized spacial score (nSPS) is 10.8. The maximum atomic E-state index is 14.1. The number of para-hydroxylation sites is 1. The van der Waals surface area contributed by atoms with Gasteiger partial charge in [0.1, 0.15) is 5.82 Å². The average Bonchev–Trinajstić information content (AvgIpc) is 3.14. The Morgan fingerprint density at radius 1 is 1.15 bits per heavy atom. The molecule has 3 rings (SSSR count). The smallest absolute Gasteiger partial charge is 0.227 e. The molecule has 0 saturated carbocycles. The summed E-state index contributed by atoms with van der Waals surface area (Å²) in [6.07, 6.45) is 1.22. The zero-order chi connectivity index (χ0) is 19.2. The molecular weight excluding hydrogens is 345 g/mol. The molecule has 0 radical (unpaired) electrons. The monoisotopic (exact) mass is 367 g/mol. The van der Waals surface area contributed by atoms with Crippen LogP contribution in [0.1, 0.15) is 31.2 Å². The highest BCUT2D eigenvalue weighted by molar-refractivity contribution is 5.93. The van der Waals surface area contributed by atoms with Crippen LogP contribution in [0, 0.1) is 12.7 Å². The van der Waals surface area contributed by atoms with Crippen molar-refractivity contribution in [2.75, 3.05) is 11.4 Å². The molecule has 3 aromatic rings. The maximum Gasteiger partial charge on any atom is 0.227 e. The van der Waals surface area contributed by atoms with Gasteiger partial charge < -0.3 is 9.42 Å². The molecule has 0 unspecified atom stereocenters. The highest BCUT2D eigenvalue weighted by Crippen LogP contribution is 2.21. The van der Waals surface area contributed by atoms with Crippen molar-refractivity contribution in [3.63, 3.8) is 0 Å². The number of carbonyl (C=O) groups excluding carboxylic acids is 1. The molecule has 0 fully saturated rings. The van der Waals surface area contributed by atoms with E-state index in [1.54, 1.807) is 18.2 Å². The summed E-state index contributed by atoms with van der Waals surface area (Å²) in [7, 11) is 0. The number of hydrogen-bond acceptors (Lipinski definition) is 4. The largest absolute Gasteiger partial charge is 0.339 e. The number of benzene rings is 2. The minimum atomic E-state index is -0.404. The molecule has 6 heteroatoms. The van der Waals surface area contributed by atoms with Crippen molar-refractivity contribution in [1.29, 1.82) is 0 Å². The van der Waals surface area contributed by atoms with Crippen molar-refractivity contribution in [3.05, 3.63) is 65.8 Å². The lowest BCUT2D eigenvalue weighted by Gasteiger charge is -2.22. The van der Waals surface area contributed by atoms with Crippen LogP contribution < -0.4 is 4.90 Å². The minimum Gasteiger partial charge on any atom is -0.339 e. The number of rotatable bonds is 7. The molecule has 0 spiro atoms. The number of aryl methyl sites for hydroxylation is 2. The van der Waals surface area contributed by atoms with Gasteiger partial charge in [-0.1, -0.05) is 54.0 Å². The predicted molar refractivity (Wildman–Crippen MR) is 102 cm³/mol. The van der Waals surface area contributed by atoms with Gasteiger partial charge in [-0.15, -0.1) is 0 Å². The summed E-state index contributed by atoms with van der Waals surface area (Å²) >= 11 is 0. The van der Waals surface area contributed by atoms with Gasteiger partial charge in [-0.2, -0.15) is 4.98 Å². The Hall–Kier alpha value is -3.02. The summed E-state index contributed by atoms with van der Waals surface area (Å²) in [5.74, 6) is 0.316. The van der Waals surface area contributed by atoms with Gasteiger partial charge in [-0.05, 0) is 25.5 Å². The van der Waals surface area contributed by atoms with Crippen LogP contribution >= 0.6 is 0 Å². The van der Waals surface area contributed by atoms with Crippen LogP contribution in [0.5, 0.6) is 0 Å². The molecule has 0 saturated heterocycles. The van der Waals surface area contributed by atoms with E-state index in [1.807, 2.05) is 38.1 Å². The lowest BCUT2D eigenvalue weighted by molar-refractivity contribution is -0.118. The number of amides is 1. The molecule has 5 nitrogen and oxygen atoms in total. The van der Waals surface area contributed by atoms with Crippen molar-refractivity contribution in [2.24, 2.45) is 0 Å². The molecule has 140 valence electrons. The molecule has 27 heavy (non-hydrogen) atoms. The van der Waals surface area contributed by atoms with Crippen LogP contribution in [-0.4, -0.2) is 22.6 Å². The number of aromatic nitrogens is 2. The standard InChI is InChI=1S/C21H22FN3O2/c1-3-14-25(18-7-5-4-6-17(18)22)20(26)13-12-19-23-21(24-27-19)16-10-8-15(2)9-11-16/h4-11H,3,12-14H2,1-2H3. The molecule has 0 N–H and O–H groups in total. The molecule has 1 heterocycles. The fourth-order valence-electron chi connectivity index (χ4n) is 2.80. The SMILES string of the molecule is CCCN(C(=O)CCc1nc(-c2ccc(C)cc2)no1)c1ccccc1F. The van der Waals surface area contributed by atoms with E-state index < -0.39 is 5.82 Å². The molecular formula is C21H22FN3O2. The van der Waals surface area contributed by atoms with Gasteiger partial charge in [0, 0.05) is 24.9 Å². The second-order valence-electron chi connectivity index (χ2n) is 6.37. The summed E-state index contributed by atoms with van der Waals surface area (Å²) in [4.78, 5) is 18.5. The number of hydrogen-bond donors (Lipinski definition) is 0. The topological polar surface area (TPSA) is 59.2 Å². The Morgan fingerprint density at radius 2 is 1.89 bits per heavy atom. The fraction of sp³-hybridized carbons (Fsp3) is 0.286. The first-order valence-electron chi connectivity index (χ1n) is 9.03. The number of anilines is 1. The number of carbonyl (C=O) groups is 1. The molecule has 0 aliphatic heterocycles.